The average molecular weight is 485 g/mol. The molecule has 7 nitrogen and oxygen atoms in total. The first kappa shape index (κ1) is 23.4. The summed E-state index contributed by atoms with van der Waals surface area (Å²) in [5.74, 6) is 0. The van der Waals surface area contributed by atoms with Gasteiger partial charge in [-0.25, -0.2) is 13.2 Å². The SMILES string of the molecule is O=C(NCc1ccc(NS(=O)(=O)c2cc(C(F)(F)F)ccc2Cl)cc1)Nc1ccncc1. The Labute approximate surface area is 186 Å². The number of carbonyl (C=O) groups is 1. The monoisotopic (exact) mass is 484 g/mol. The Bertz CT molecular complexity index is 1210. The van der Waals surface area contributed by atoms with E-state index in [0.29, 0.717) is 23.4 Å². The van der Waals surface area contributed by atoms with Crippen LogP contribution in [0.25, 0.3) is 0 Å². The number of nitrogens with zero attached hydrogens (tertiary/aromatic N) is 1. The number of rotatable bonds is 6. The standard InChI is InChI=1S/C20H16ClF3N4O3S/c21-17-6-3-14(20(22,23)24)11-18(17)32(30,31)28-16-4-1-13(2-5-16)12-26-19(29)27-15-7-9-25-10-8-15/h1-11,28H,12H2,(H2,25,26,27,29). The van der Waals surface area contributed by atoms with Gasteiger partial charge < -0.3 is 10.6 Å². The molecular formula is C20H16ClF3N4O3S. The van der Waals surface area contributed by atoms with Gasteiger partial charge in [-0.05, 0) is 48.0 Å². The summed E-state index contributed by atoms with van der Waals surface area (Å²) >= 11 is 5.82. The van der Waals surface area contributed by atoms with E-state index in [4.69, 9.17) is 11.6 Å². The third kappa shape index (κ3) is 6.11. The van der Waals surface area contributed by atoms with Crippen LogP contribution in [0.15, 0.2) is 71.9 Å². The van der Waals surface area contributed by atoms with Gasteiger partial charge in [-0.15, -0.1) is 0 Å². The highest BCUT2D eigenvalue weighted by Gasteiger charge is 2.32. The van der Waals surface area contributed by atoms with E-state index >= 15 is 0 Å². The number of benzene rings is 2. The van der Waals surface area contributed by atoms with Crippen molar-refractivity contribution in [2.75, 3.05) is 10.0 Å². The molecule has 3 N–H and O–H groups in total. The lowest BCUT2D eigenvalue weighted by molar-refractivity contribution is -0.137. The van der Waals surface area contributed by atoms with Crippen LogP contribution in [-0.2, 0) is 22.7 Å². The average Bonchev–Trinajstić information content (AvgIpc) is 2.73. The number of anilines is 2. The number of hydrogen-bond donors (Lipinski definition) is 3. The Morgan fingerprint density at radius 1 is 0.969 bits per heavy atom. The predicted octanol–water partition coefficient (Wildman–Crippen LogP) is 4.88. The van der Waals surface area contributed by atoms with Gasteiger partial charge in [0.25, 0.3) is 10.0 Å². The lowest BCUT2D eigenvalue weighted by Gasteiger charge is -2.13. The molecular weight excluding hydrogens is 469 g/mol. The Morgan fingerprint density at radius 2 is 1.62 bits per heavy atom. The van der Waals surface area contributed by atoms with Gasteiger partial charge in [0.1, 0.15) is 4.90 Å². The number of aromatic nitrogens is 1. The lowest BCUT2D eigenvalue weighted by Crippen LogP contribution is -2.28. The van der Waals surface area contributed by atoms with E-state index in [1.807, 2.05) is 0 Å². The fraction of sp³-hybridized carbons (Fsp3) is 0.100. The van der Waals surface area contributed by atoms with Crippen molar-refractivity contribution in [3.05, 3.63) is 83.1 Å². The van der Waals surface area contributed by atoms with Crippen molar-refractivity contribution in [3.63, 3.8) is 0 Å². The Morgan fingerprint density at radius 3 is 2.25 bits per heavy atom. The first-order valence-electron chi connectivity index (χ1n) is 8.98. The zero-order valence-electron chi connectivity index (χ0n) is 16.2. The molecule has 3 aromatic rings. The molecule has 0 aliphatic heterocycles. The van der Waals surface area contributed by atoms with Crippen molar-refractivity contribution in [1.82, 2.24) is 10.3 Å². The first-order chi connectivity index (χ1) is 15.0. The highest BCUT2D eigenvalue weighted by molar-refractivity contribution is 7.92. The molecule has 0 saturated carbocycles. The topological polar surface area (TPSA) is 100 Å². The van der Waals surface area contributed by atoms with E-state index in [1.54, 1.807) is 24.3 Å². The van der Waals surface area contributed by atoms with Crippen molar-refractivity contribution < 1.29 is 26.4 Å². The van der Waals surface area contributed by atoms with Crippen LogP contribution in [0.5, 0.6) is 0 Å². The van der Waals surface area contributed by atoms with Gasteiger partial charge in [0.2, 0.25) is 0 Å². The van der Waals surface area contributed by atoms with Crippen molar-refractivity contribution in [2.45, 2.75) is 17.6 Å². The minimum Gasteiger partial charge on any atom is -0.334 e. The lowest BCUT2D eigenvalue weighted by atomic mass is 10.2. The number of carbonyl (C=O) groups excluding carboxylic acids is 1. The molecule has 2 aromatic carbocycles. The molecule has 0 saturated heterocycles. The van der Waals surface area contributed by atoms with Crippen LogP contribution in [-0.4, -0.2) is 19.4 Å². The van der Waals surface area contributed by atoms with Gasteiger partial charge in [-0.1, -0.05) is 23.7 Å². The van der Waals surface area contributed by atoms with Gasteiger partial charge in [0.05, 0.1) is 10.6 Å². The molecule has 0 aliphatic rings. The Hall–Kier alpha value is -3.31. The molecule has 1 aromatic heterocycles. The summed E-state index contributed by atoms with van der Waals surface area (Å²) in [6.07, 6.45) is -1.66. The number of amides is 2. The predicted molar refractivity (Wildman–Crippen MR) is 114 cm³/mol. The molecule has 0 fully saturated rings. The number of alkyl halides is 3. The van der Waals surface area contributed by atoms with E-state index in [0.717, 1.165) is 6.07 Å². The van der Waals surface area contributed by atoms with Crippen molar-refractivity contribution >= 4 is 39.0 Å². The zero-order chi connectivity index (χ0) is 23.4. The molecule has 0 atom stereocenters. The maximum Gasteiger partial charge on any atom is 0.416 e. The second-order valence-corrected chi connectivity index (χ2v) is 8.55. The summed E-state index contributed by atoms with van der Waals surface area (Å²) in [6, 6.07) is 10.8. The van der Waals surface area contributed by atoms with Crippen molar-refractivity contribution in [3.8, 4) is 0 Å². The molecule has 0 bridgehead atoms. The fourth-order valence-electron chi connectivity index (χ4n) is 2.58. The van der Waals surface area contributed by atoms with E-state index in [-0.39, 0.29) is 17.3 Å². The molecule has 2 amide bonds. The molecule has 12 heteroatoms. The molecule has 3 rings (SSSR count). The van der Waals surface area contributed by atoms with Crippen LogP contribution in [0.2, 0.25) is 5.02 Å². The molecule has 0 spiro atoms. The summed E-state index contributed by atoms with van der Waals surface area (Å²) < 4.78 is 66.0. The van der Waals surface area contributed by atoms with E-state index in [2.05, 4.69) is 20.3 Å². The zero-order valence-corrected chi connectivity index (χ0v) is 17.7. The maximum atomic E-state index is 12.9. The molecule has 0 radical (unpaired) electrons. The quantitative estimate of drug-likeness (QED) is 0.464. The minimum absolute atomic E-state index is 0.114. The van der Waals surface area contributed by atoms with Crippen LogP contribution >= 0.6 is 11.6 Å². The third-order valence-electron chi connectivity index (χ3n) is 4.15. The summed E-state index contributed by atoms with van der Waals surface area (Å²) in [5.41, 5.74) is 0.211. The minimum atomic E-state index is -4.72. The molecule has 0 aliphatic carbocycles. The number of sulfonamides is 1. The third-order valence-corrected chi connectivity index (χ3v) is 6.01. The number of pyridine rings is 1. The largest absolute Gasteiger partial charge is 0.416 e. The van der Waals surface area contributed by atoms with Crippen LogP contribution in [0, 0.1) is 0 Å². The Balaban J connectivity index is 1.64. The van der Waals surface area contributed by atoms with Gasteiger partial charge in [-0.3, -0.25) is 9.71 Å². The van der Waals surface area contributed by atoms with Crippen LogP contribution in [0.4, 0.5) is 29.3 Å². The number of halogens is 4. The normalized spacial score (nSPS) is 11.6. The highest BCUT2D eigenvalue weighted by Crippen LogP contribution is 2.34. The highest BCUT2D eigenvalue weighted by atomic mass is 35.5. The van der Waals surface area contributed by atoms with Crippen LogP contribution in [0.3, 0.4) is 0 Å². The van der Waals surface area contributed by atoms with Crippen molar-refractivity contribution in [1.29, 1.82) is 0 Å². The summed E-state index contributed by atoms with van der Waals surface area (Å²) in [5, 5.41) is 4.91. The Kier molecular flexibility index (Phi) is 6.90. The van der Waals surface area contributed by atoms with Gasteiger partial charge in [0.15, 0.2) is 0 Å². The fourth-order valence-corrected chi connectivity index (χ4v) is 4.16. The van der Waals surface area contributed by atoms with Crippen LogP contribution < -0.4 is 15.4 Å². The summed E-state index contributed by atoms with van der Waals surface area (Å²) in [7, 11) is -4.37. The van der Waals surface area contributed by atoms with Crippen molar-refractivity contribution in [2.24, 2.45) is 0 Å². The van der Waals surface area contributed by atoms with E-state index < -0.39 is 32.7 Å². The van der Waals surface area contributed by atoms with Gasteiger partial charge >= 0.3 is 12.2 Å². The van der Waals surface area contributed by atoms with E-state index in [9.17, 15) is 26.4 Å². The second-order valence-electron chi connectivity index (χ2n) is 6.49. The smallest absolute Gasteiger partial charge is 0.334 e. The number of urea groups is 1. The molecule has 168 valence electrons. The summed E-state index contributed by atoms with van der Waals surface area (Å²) in [6.45, 7) is 0.156. The van der Waals surface area contributed by atoms with E-state index in [1.165, 1.54) is 24.5 Å². The summed E-state index contributed by atoms with van der Waals surface area (Å²) in [4.78, 5) is 15.1. The van der Waals surface area contributed by atoms with Crippen LogP contribution in [0.1, 0.15) is 11.1 Å². The second kappa shape index (κ2) is 9.45. The number of nitrogens with one attached hydrogen (secondary N) is 3. The van der Waals surface area contributed by atoms with Gasteiger partial charge in [0, 0.05) is 30.3 Å². The van der Waals surface area contributed by atoms with Gasteiger partial charge in [-0.2, -0.15) is 13.2 Å². The molecule has 1 heterocycles. The maximum absolute atomic E-state index is 12.9. The molecule has 32 heavy (non-hydrogen) atoms. The number of hydrogen-bond acceptors (Lipinski definition) is 4. The first-order valence-corrected chi connectivity index (χ1v) is 10.8. The molecule has 0 unspecified atom stereocenters.